The molecule has 0 saturated heterocycles. The van der Waals surface area contributed by atoms with Gasteiger partial charge < -0.3 is 14.5 Å². The molecule has 0 aromatic heterocycles. The van der Waals surface area contributed by atoms with Crippen molar-refractivity contribution in [2.24, 2.45) is 0 Å². The Morgan fingerprint density at radius 2 is 1.59 bits per heavy atom. The van der Waals surface area contributed by atoms with Crippen LogP contribution in [0.3, 0.4) is 0 Å². The van der Waals surface area contributed by atoms with E-state index >= 15 is 0 Å². The standard InChI is InChI=1S/C22H20ClN3O5S/c1-25-17-8-4-5-9-18(17)26(2)22(25)15(13-24)19(27)14-31-21(28)11-12-32(29,30)20-10-6-3-7-16(20)23/h3-10H,11-12,14H2,1-2H3. The maximum atomic E-state index is 12.6. The van der Waals surface area contributed by atoms with E-state index in [0.717, 1.165) is 11.4 Å². The second-order valence-corrected chi connectivity index (χ2v) is 9.49. The van der Waals surface area contributed by atoms with Gasteiger partial charge in [0.15, 0.2) is 16.4 Å². The number of halogens is 1. The van der Waals surface area contributed by atoms with E-state index < -0.39 is 40.4 Å². The third kappa shape index (κ3) is 4.61. The number of Topliss-reactive ketones (excluding diaryl/α,β-unsaturated/α-hetero) is 1. The van der Waals surface area contributed by atoms with Gasteiger partial charge in [0.2, 0.25) is 5.78 Å². The van der Waals surface area contributed by atoms with Gasteiger partial charge in [-0.25, -0.2) is 8.42 Å². The number of hydrogen-bond donors (Lipinski definition) is 0. The molecular formula is C22H20ClN3O5S. The van der Waals surface area contributed by atoms with Gasteiger partial charge in [-0.1, -0.05) is 35.9 Å². The Kier molecular flexibility index (Phi) is 6.87. The molecule has 0 spiro atoms. The van der Waals surface area contributed by atoms with E-state index in [1.807, 2.05) is 30.3 Å². The number of nitrogens with zero attached hydrogens (tertiary/aromatic N) is 3. The average Bonchev–Trinajstić information content (AvgIpc) is 3.02. The van der Waals surface area contributed by atoms with E-state index in [2.05, 4.69) is 0 Å². The van der Waals surface area contributed by atoms with Gasteiger partial charge in [-0.05, 0) is 24.3 Å². The lowest BCUT2D eigenvalue weighted by Gasteiger charge is -2.19. The Morgan fingerprint density at radius 1 is 1.03 bits per heavy atom. The summed E-state index contributed by atoms with van der Waals surface area (Å²) in [7, 11) is -0.336. The summed E-state index contributed by atoms with van der Waals surface area (Å²) in [5.74, 6) is -1.70. The largest absolute Gasteiger partial charge is 0.457 e. The molecule has 1 heterocycles. The zero-order valence-electron chi connectivity index (χ0n) is 17.4. The van der Waals surface area contributed by atoms with Crippen LogP contribution in [0.1, 0.15) is 6.42 Å². The monoisotopic (exact) mass is 473 g/mol. The number of ether oxygens (including phenoxy) is 1. The second kappa shape index (κ2) is 9.42. The van der Waals surface area contributed by atoms with Gasteiger partial charge in [-0.15, -0.1) is 0 Å². The van der Waals surface area contributed by atoms with E-state index in [1.54, 1.807) is 30.0 Å². The number of fused-ring (bicyclic) bond motifs is 1. The van der Waals surface area contributed by atoms with Gasteiger partial charge in [-0.3, -0.25) is 9.59 Å². The summed E-state index contributed by atoms with van der Waals surface area (Å²) in [5, 5.41) is 9.65. The van der Waals surface area contributed by atoms with Gasteiger partial charge in [0.05, 0.1) is 33.5 Å². The molecule has 0 aliphatic carbocycles. The number of para-hydroxylation sites is 2. The first-order chi connectivity index (χ1) is 15.2. The minimum Gasteiger partial charge on any atom is -0.457 e. The first kappa shape index (κ1) is 23.3. The van der Waals surface area contributed by atoms with Gasteiger partial charge in [0.1, 0.15) is 17.5 Å². The summed E-state index contributed by atoms with van der Waals surface area (Å²) in [6, 6.07) is 15.2. The lowest BCUT2D eigenvalue weighted by molar-refractivity contribution is -0.146. The molecule has 0 saturated carbocycles. The van der Waals surface area contributed by atoms with E-state index in [1.165, 1.54) is 18.2 Å². The van der Waals surface area contributed by atoms with Crippen molar-refractivity contribution in [1.29, 1.82) is 5.26 Å². The second-order valence-electron chi connectivity index (χ2n) is 7.00. The number of carbonyl (C=O) groups excluding carboxylic acids is 2. The fourth-order valence-electron chi connectivity index (χ4n) is 3.37. The molecule has 0 amide bonds. The highest BCUT2D eigenvalue weighted by Gasteiger charge is 2.31. The van der Waals surface area contributed by atoms with Crippen molar-refractivity contribution in [1.82, 2.24) is 0 Å². The lowest BCUT2D eigenvalue weighted by Crippen LogP contribution is -2.28. The summed E-state index contributed by atoms with van der Waals surface area (Å²) in [4.78, 5) is 28.0. The molecule has 2 aromatic carbocycles. The highest BCUT2D eigenvalue weighted by Crippen LogP contribution is 2.40. The topological polar surface area (TPSA) is 108 Å². The predicted molar refractivity (Wildman–Crippen MR) is 120 cm³/mol. The van der Waals surface area contributed by atoms with Crippen LogP contribution >= 0.6 is 11.6 Å². The molecule has 0 radical (unpaired) electrons. The van der Waals surface area contributed by atoms with E-state index in [0.29, 0.717) is 5.82 Å². The maximum Gasteiger partial charge on any atom is 0.307 e. The summed E-state index contributed by atoms with van der Waals surface area (Å²) in [6.07, 6.45) is -0.454. The number of sulfone groups is 1. The van der Waals surface area contributed by atoms with Crippen molar-refractivity contribution in [3.05, 3.63) is 64.9 Å². The molecule has 1 aliphatic rings. The highest BCUT2D eigenvalue weighted by atomic mass is 35.5. The van der Waals surface area contributed by atoms with E-state index in [9.17, 15) is 23.3 Å². The van der Waals surface area contributed by atoms with Crippen LogP contribution in [-0.4, -0.2) is 46.6 Å². The summed E-state index contributed by atoms with van der Waals surface area (Å²) in [6.45, 7) is -0.671. The van der Waals surface area contributed by atoms with Gasteiger partial charge in [0, 0.05) is 14.1 Å². The normalized spacial score (nSPS) is 12.9. The molecule has 8 nitrogen and oxygen atoms in total. The molecule has 32 heavy (non-hydrogen) atoms. The van der Waals surface area contributed by atoms with Gasteiger partial charge in [-0.2, -0.15) is 5.26 Å². The Balaban J connectivity index is 1.65. The zero-order chi connectivity index (χ0) is 23.5. The fraction of sp³-hybridized carbons (Fsp3) is 0.227. The fourth-order valence-corrected chi connectivity index (χ4v) is 5.17. The molecule has 0 N–H and O–H groups in total. The van der Waals surface area contributed by atoms with Crippen LogP contribution in [0.25, 0.3) is 0 Å². The van der Waals surface area contributed by atoms with Gasteiger partial charge >= 0.3 is 5.97 Å². The minimum absolute atomic E-state index is 0.0622. The quantitative estimate of drug-likeness (QED) is 0.343. The SMILES string of the molecule is CN1C(=C(C#N)C(=O)COC(=O)CCS(=O)(=O)c2ccccc2Cl)N(C)c2ccccc21. The lowest BCUT2D eigenvalue weighted by atomic mass is 10.2. The number of esters is 1. The number of hydrogen-bond acceptors (Lipinski definition) is 8. The third-order valence-electron chi connectivity index (χ3n) is 4.96. The van der Waals surface area contributed by atoms with E-state index in [4.69, 9.17) is 16.3 Å². The average molecular weight is 474 g/mol. The van der Waals surface area contributed by atoms with Crippen LogP contribution in [-0.2, 0) is 24.2 Å². The minimum atomic E-state index is -3.80. The summed E-state index contributed by atoms with van der Waals surface area (Å²) in [5.41, 5.74) is 1.49. The molecule has 0 fully saturated rings. The predicted octanol–water partition coefficient (Wildman–Crippen LogP) is 2.94. The molecule has 166 valence electrons. The smallest absolute Gasteiger partial charge is 0.307 e. The Hall–Kier alpha value is -3.35. The summed E-state index contributed by atoms with van der Waals surface area (Å²) < 4.78 is 29.7. The van der Waals surface area contributed by atoms with Crippen LogP contribution in [0.2, 0.25) is 5.02 Å². The molecule has 0 atom stereocenters. The number of carbonyl (C=O) groups is 2. The van der Waals surface area contributed by atoms with Crippen LogP contribution in [0, 0.1) is 11.3 Å². The molecule has 1 aliphatic heterocycles. The van der Waals surface area contributed by atoms with E-state index in [-0.39, 0.29) is 15.5 Å². The molecule has 0 bridgehead atoms. The van der Waals surface area contributed by atoms with Crippen molar-refractivity contribution in [2.75, 3.05) is 36.3 Å². The first-order valence-electron chi connectivity index (χ1n) is 9.54. The summed E-state index contributed by atoms with van der Waals surface area (Å²) >= 11 is 5.91. The van der Waals surface area contributed by atoms with Crippen LogP contribution < -0.4 is 9.80 Å². The van der Waals surface area contributed by atoms with Crippen molar-refractivity contribution < 1.29 is 22.7 Å². The molecule has 3 rings (SSSR count). The van der Waals surface area contributed by atoms with Crippen LogP contribution in [0.4, 0.5) is 11.4 Å². The molecular weight excluding hydrogens is 454 g/mol. The zero-order valence-corrected chi connectivity index (χ0v) is 19.0. The van der Waals surface area contributed by atoms with Gasteiger partial charge in [0.25, 0.3) is 0 Å². The number of ketones is 1. The van der Waals surface area contributed by atoms with Crippen LogP contribution in [0.5, 0.6) is 0 Å². The third-order valence-corrected chi connectivity index (χ3v) is 7.17. The number of nitriles is 1. The number of anilines is 2. The first-order valence-corrected chi connectivity index (χ1v) is 11.6. The van der Waals surface area contributed by atoms with Crippen LogP contribution in [0.15, 0.2) is 64.8 Å². The Labute approximate surface area is 191 Å². The molecule has 2 aromatic rings. The number of rotatable bonds is 7. The Bertz CT molecular complexity index is 1220. The number of benzene rings is 2. The van der Waals surface area contributed by atoms with Crippen molar-refractivity contribution in [3.63, 3.8) is 0 Å². The Morgan fingerprint density at radius 3 is 2.16 bits per heavy atom. The highest BCUT2D eigenvalue weighted by molar-refractivity contribution is 7.91. The van der Waals surface area contributed by atoms with Crippen molar-refractivity contribution in [3.8, 4) is 6.07 Å². The molecule has 0 unspecified atom stereocenters. The van der Waals surface area contributed by atoms with Crippen molar-refractivity contribution in [2.45, 2.75) is 11.3 Å². The molecule has 10 heteroatoms. The van der Waals surface area contributed by atoms with Crippen molar-refractivity contribution >= 4 is 44.6 Å². The maximum absolute atomic E-state index is 12.6.